The Labute approximate surface area is 134 Å². The largest absolute Gasteiger partial charge is 0.243 e. The molecule has 2 heterocycles. The van der Waals surface area contributed by atoms with Crippen LogP contribution in [0, 0.1) is 11.8 Å². The Morgan fingerprint density at radius 2 is 2.04 bits per heavy atom. The van der Waals surface area contributed by atoms with Crippen LogP contribution in [0.1, 0.15) is 43.1 Å². The molecule has 126 valence electrons. The number of nitrogens with zero attached hydrogens (tertiary/aromatic N) is 3. The topological polar surface area (TPSA) is 47.8 Å². The van der Waals surface area contributed by atoms with Crippen molar-refractivity contribution in [1.29, 1.82) is 0 Å². The summed E-state index contributed by atoms with van der Waals surface area (Å²) in [5.41, 5.74) is 0.255. The smallest absolute Gasteiger partial charge is 0.188 e. The minimum absolute atomic E-state index is 0.00255. The highest BCUT2D eigenvalue weighted by atomic mass is 19.2. The maximum absolute atomic E-state index is 14.3. The van der Waals surface area contributed by atoms with E-state index >= 15 is 0 Å². The highest BCUT2D eigenvalue weighted by Crippen LogP contribution is 2.47. The van der Waals surface area contributed by atoms with Crippen LogP contribution >= 0.6 is 0 Å². The zero-order chi connectivity index (χ0) is 17.0. The first-order valence-electron chi connectivity index (χ1n) is 7.74. The number of alkyl halides is 2. The second-order valence-electron chi connectivity index (χ2n) is 6.32. The summed E-state index contributed by atoms with van der Waals surface area (Å²) in [4.78, 5) is 15.1. The van der Waals surface area contributed by atoms with Crippen LogP contribution in [0.3, 0.4) is 0 Å². The van der Waals surface area contributed by atoms with Crippen molar-refractivity contribution in [3.8, 4) is 0 Å². The van der Waals surface area contributed by atoms with Crippen LogP contribution in [0.2, 0.25) is 0 Å². The van der Waals surface area contributed by atoms with E-state index < -0.39 is 36.0 Å². The molecule has 0 N–H and O–H groups in total. The molecule has 1 aromatic rings. The van der Waals surface area contributed by atoms with Crippen molar-refractivity contribution in [1.82, 2.24) is 14.8 Å². The van der Waals surface area contributed by atoms with Gasteiger partial charge in [0.05, 0.1) is 17.5 Å². The van der Waals surface area contributed by atoms with E-state index in [-0.39, 0.29) is 29.6 Å². The molecule has 24 heavy (non-hydrogen) atoms. The van der Waals surface area contributed by atoms with E-state index in [1.54, 1.807) is 5.94 Å². The highest BCUT2D eigenvalue weighted by molar-refractivity contribution is 5.87. The zero-order valence-corrected chi connectivity index (χ0v) is 12.4. The Kier molecular flexibility index (Phi) is 3.46. The second-order valence-corrected chi connectivity index (χ2v) is 6.32. The molecule has 1 aromatic heterocycles. The molecule has 1 fully saturated rings. The van der Waals surface area contributed by atoms with E-state index in [4.69, 9.17) is 0 Å². The van der Waals surface area contributed by atoms with Gasteiger partial charge in [0.1, 0.15) is 17.9 Å². The molecule has 0 amide bonds. The van der Waals surface area contributed by atoms with Crippen LogP contribution in [0.25, 0.3) is 5.57 Å². The average molecular weight is 339 g/mol. The Morgan fingerprint density at radius 1 is 1.29 bits per heavy atom. The average Bonchev–Trinajstić information content (AvgIpc) is 3.21. The molecular weight excluding hydrogens is 326 g/mol. The minimum atomic E-state index is -1.79. The Balaban J connectivity index is 1.73. The Hall–Kier alpha value is -2.21. The molecule has 1 aliphatic heterocycles. The van der Waals surface area contributed by atoms with Gasteiger partial charge in [-0.05, 0) is 30.9 Å². The maximum atomic E-state index is 14.3. The minimum Gasteiger partial charge on any atom is -0.243 e. The summed E-state index contributed by atoms with van der Waals surface area (Å²) >= 11 is 0. The van der Waals surface area contributed by atoms with Crippen LogP contribution < -0.4 is 0 Å². The van der Waals surface area contributed by atoms with Gasteiger partial charge in [-0.25, -0.2) is 32.0 Å². The van der Waals surface area contributed by atoms with Crippen molar-refractivity contribution >= 4 is 11.5 Å². The fourth-order valence-corrected chi connectivity index (χ4v) is 3.36. The van der Waals surface area contributed by atoms with Crippen molar-refractivity contribution < 1.29 is 22.4 Å². The van der Waals surface area contributed by atoms with E-state index in [0.717, 1.165) is 29.7 Å². The van der Waals surface area contributed by atoms with E-state index in [1.807, 2.05) is 0 Å². The van der Waals surface area contributed by atoms with E-state index in [2.05, 4.69) is 10.1 Å². The first-order chi connectivity index (χ1) is 11.5. The molecule has 3 aliphatic rings. The van der Waals surface area contributed by atoms with Crippen molar-refractivity contribution in [2.45, 2.75) is 37.6 Å². The molecule has 8 heteroatoms. The van der Waals surface area contributed by atoms with Gasteiger partial charge in [-0.15, -0.1) is 5.10 Å². The van der Waals surface area contributed by atoms with Gasteiger partial charge in [-0.1, -0.05) is 0 Å². The lowest BCUT2D eigenvalue weighted by atomic mass is 9.88. The summed E-state index contributed by atoms with van der Waals surface area (Å²) in [5, 5.41) is 4.09. The molecule has 2 aliphatic carbocycles. The first-order valence-corrected chi connectivity index (χ1v) is 7.74. The van der Waals surface area contributed by atoms with Crippen molar-refractivity contribution in [2.75, 3.05) is 0 Å². The van der Waals surface area contributed by atoms with E-state index in [1.165, 1.54) is 0 Å². The lowest BCUT2D eigenvalue weighted by Gasteiger charge is -2.26. The van der Waals surface area contributed by atoms with Crippen LogP contribution in [-0.4, -0.2) is 26.9 Å². The predicted molar refractivity (Wildman–Crippen MR) is 76.1 cm³/mol. The molecule has 0 spiro atoms. The van der Waals surface area contributed by atoms with E-state index in [9.17, 15) is 22.4 Å². The van der Waals surface area contributed by atoms with Gasteiger partial charge in [-0.2, -0.15) is 0 Å². The summed E-state index contributed by atoms with van der Waals surface area (Å²) in [6.45, 7) is 0. The monoisotopic (exact) mass is 339 g/mol. The number of aromatic nitrogens is 3. The van der Waals surface area contributed by atoms with Gasteiger partial charge in [0.25, 0.3) is 0 Å². The molecule has 4 atom stereocenters. The van der Waals surface area contributed by atoms with Crippen LogP contribution in [0.15, 0.2) is 23.8 Å². The predicted octanol–water partition coefficient (Wildman–Crippen LogP) is 3.53. The van der Waals surface area contributed by atoms with Crippen molar-refractivity contribution in [2.24, 2.45) is 11.8 Å². The number of hydrogen-bond acceptors (Lipinski definition) is 3. The third-order valence-electron chi connectivity index (χ3n) is 4.74. The standard InChI is InChI=1S/C16H13F4N3O/c17-9-3-4-10(18)14(20)13(9)12-5-11(19)16-21-15(22-23(12)16)8(6-24)7-1-2-7/h3-4,7,9,11-13H,1-2,5H2/t9?,11-,12-,13?/m0/s1. The van der Waals surface area contributed by atoms with Crippen LogP contribution in [0.4, 0.5) is 17.6 Å². The zero-order valence-electron chi connectivity index (χ0n) is 12.4. The third-order valence-corrected chi connectivity index (χ3v) is 4.74. The van der Waals surface area contributed by atoms with Crippen molar-refractivity contribution in [3.05, 3.63) is 35.5 Å². The molecule has 4 nitrogen and oxygen atoms in total. The highest BCUT2D eigenvalue weighted by Gasteiger charge is 2.46. The first kappa shape index (κ1) is 15.3. The fourth-order valence-electron chi connectivity index (χ4n) is 3.36. The summed E-state index contributed by atoms with van der Waals surface area (Å²) in [6, 6.07) is -1.03. The number of hydrogen-bond donors (Lipinski definition) is 0. The van der Waals surface area contributed by atoms with Gasteiger partial charge in [0, 0.05) is 6.42 Å². The summed E-state index contributed by atoms with van der Waals surface area (Å²) in [7, 11) is 0. The van der Waals surface area contributed by atoms with E-state index in [0.29, 0.717) is 0 Å². The number of carbonyl (C=O) groups excluding carboxylic acids is 1. The van der Waals surface area contributed by atoms with Gasteiger partial charge >= 0.3 is 0 Å². The quantitative estimate of drug-likeness (QED) is 0.625. The summed E-state index contributed by atoms with van der Waals surface area (Å²) < 4.78 is 57.1. The normalized spacial score (nSPS) is 32.0. The SMILES string of the molecule is O=C=C(c1nc2n(n1)[C@H](C1C(F)=C(F)C=CC1F)C[C@@H]2F)C1CC1. The number of allylic oxidation sites excluding steroid dienone is 5. The number of halogens is 4. The molecular formula is C16H13F4N3O. The molecule has 4 rings (SSSR count). The molecule has 0 radical (unpaired) electrons. The number of fused-ring (bicyclic) bond motifs is 1. The molecule has 0 bridgehead atoms. The molecule has 2 unspecified atom stereocenters. The van der Waals surface area contributed by atoms with Gasteiger partial charge in [0.2, 0.25) is 0 Å². The van der Waals surface area contributed by atoms with Crippen LogP contribution in [-0.2, 0) is 4.79 Å². The lowest BCUT2D eigenvalue weighted by Crippen LogP contribution is -2.28. The number of rotatable bonds is 3. The summed E-state index contributed by atoms with van der Waals surface area (Å²) in [5.74, 6) is -2.16. The van der Waals surface area contributed by atoms with Gasteiger partial charge in [-0.3, -0.25) is 0 Å². The summed E-state index contributed by atoms with van der Waals surface area (Å²) in [6.07, 6.45) is -0.348. The third kappa shape index (κ3) is 2.24. The van der Waals surface area contributed by atoms with Gasteiger partial charge in [0.15, 0.2) is 23.6 Å². The molecule has 1 saturated carbocycles. The molecule has 0 aromatic carbocycles. The van der Waals surface area contributed by atoms with Crippen LogP contribution in [0.5, 0.6) is 0 Å². The Morgan fingerprint density at radius 3 is 2.71 bits per heavy atom. The van der Waals surface area contributed by atoms with Gasteiger partial charge < -0.3 is 0 Å². The second kappa shape index (κ2) is 5.41. The molecule has 0 saturated heterocycles. The maximum Gasteiger partial charge on any atom is 0.188 e. The lowest BCUT2D eigenvalue weighted by molar-refractivity contribution is 0.182. The Bertz CT molecular complexity index is 804. The fraction of sp³-hybridized carbons (Fsp3) is 0.500. The van der Waals surface area contributed by atoms with Crippen molar-refractivity contribution in [3.63, 3.8) is 0 Å².